The molecule has 0 fully saturated rings. The molecule has 1 aromatic carbocycles. The minimum absolute atomic E-state index is 0.131. The van der Waals surface area contributed by atoms with Crippen molar-refractivity contribution in [1.29, 1.82) is 0 Å². The van der Waals surface area contributed by atoms with E-state index in [9.17, 15) is 13.2 Å². The molecule has 100 valence electrons. The molecule has 0 N–H and O–H groups in total. The number of aromatic nitrogens is 1. The minimum atomic E-state index is -4.47. The Morgan fingerprint density at radius 3 is 2.53 bits per heavy atom. The number of ether oxygens (including phenoxy) is 1. The predicted molar refractivity (Wildman–Crippen MR) is 65.3 cm³/mol. The highest BCUT2D eigenvalue weighted by Gasteiger charge is 2.34. The summed E-state index contributed by atoms with van der Waals surface area (Å²) in [6.07, 6.45) is -1.63. The number of benzene rings is 1. The Labute approximate surface area is 112 Å². The van der Waals surface area contributed by atoms with Crippen LogP contribution in [-0.2, 0) is 12.1 Å². The molecule has 0 aliphatic carbocycles. The maximum atomic E-state index is 12.8. The molecule has 0 saturated carbocycles. The van der Waals surface area contributed by atoms with Crippen molar-refractivity contribution in [3.8, 4) is 11.5 Å². The molecule has 0 amide bonds. The van der Waals surface area contributed by atoms with E-state index >= 15 is 0 Å². The molecule has 0 atom stereocenters. The second-order valence-corrected chi connectivity index (χ2v) is 3.98. The number of halogens is 4. The van der Waals surface area contributed by atoms with Gasteiger partial charge in [-0.15, -0.1) is 11.6 Å². The zero-order valence-corrected chi connectivity index (χ0v) is 10.4. The van der Waals surface area contributed by atoms with Crippen LogP contribution >= 0.6 is 11.6 Å². The number of hydrogen-bond donors (Lipinski definition) is 0. The van der Waals surface area contributed by atoms with Crippen LogP contribution in [0.2, 0.25) is 0 Å². The summed E-state index contributed by atoms with van der Waals surface area (Å²) in [5.41, 5.74) is -0.256. The van der Waals surface area contributed by atoms with Gasteiger partial charge < -0.3 is 4.74 Å². The van der Waals surface area contributed by atoms with Gasteiger partial charge in [-0.1, -0.05) is 12.1 Å². The Bertz CT molecular complexity index is 572. The molecule has 19 heavy (non-hydrogen) atoms. The van der Waals surface area contributed by atoms with Crippen LogP contribution in [0.4, 0.5) is 13.2 Å². The van der Waals surface area contributed by atoms with Crippen molar-refractivity contribution in [2.45, 2.75) is 12.1 Å². The summed E-state index contributed by atoms with van der Waals surface area (Å²) >= 11 is 5.70. The summed E-state index contributed by atoms with van der Waals surface area (Å²) in [6.45, 7) is 0. The van der Waals surface area contributed by atoms with E-state index in [0.717, 1.165) is 6.07 Å². The zero-order chi connectivity index (χ0) is 13.9. The Morgan fingerprint density at radius 2 is 1.84 bits per heavy atom. The molecule has 0 bridgehead atoms. The van der Waals surface area contributed by atoms with Crippen molar-refractivity contribution in [3.05, 3.63) is 53.9 Å². The van der Waals surface area contributed by atoms with Crippen LogP contribution in [0.25, 0.3) is 0 Å². The molecule has 0 radical (unpaired) electrons. The molecule has 0 unspecified atom stereocenters. The smallest absolute Gasteiger partial charge is 0.419 e. The molecule has 6 heteroatoms. The molecule has 0 spiro atoms. The number of rotatable bonds is 3. The lowest BCUT2D eigenvalue weighted by Crippen LogP contribution is -2.07. The molecule has 0 saturated heterocycles. The first kappa shape index (κ1) is 13.7. The average molecular weight is 288 g/mol. The second-order valence-electron chi connectivity index (χ2n) is 3.71. The van der Waals surface area contributed by atoms with Gasteiger partial charge in [0.15, 0.2) is 0 Å². The zero-order valence-electron chi connectivity index (χ0n) is 9.62. The van der Waals surface area contributed by atoms with Crippen LogP contribution in [0.5, 0.6) is 11.5 Å². The van der Waals surface area contributed by atoms with Crippen LogP contribution in [-0.4, -0.2) is 4.98 Å². The Kier molecular flexibility index (Phi) is 3.95. The molecular weight excluding hydrogens is 279 g/mol. The van der Waals surface area contributed by atoms with Gasteiger partial charge in [-0.25, -0.2) is 0 Å². The molecule has 1 aromatic heterocycles. The van der Waals surface area contributed by atoms with Gasteiger partial charge in [0.25, 0.3) is 0 Å². The summed E-state index contributed by atoms with van der Waals surface area (Å²) in [4.78, 5) is 3.82. The van der Waals surface area contributed by atoms with Crippen molar-refractivity contribution in [3.63, 3.8) is 0 Å². The van der Waals surface area contributed by atoms with E-state index < -0.39 is 11.7 Å². The van der Waals surface area contributed by atoms with Gasteiger partial charge in [-0.2, -0.15) is 13.2 Å². The first-order valence-corrected chi connectivity index (χ1v) is 5.88. The van der Waals surface area contributed by atoms with E-state index in [2.05, 4.69) is 4.98 Å². The summed E-state index contributed by atoms with van der Waals surface area (Å²) in [5.74, 6) is 0.0787. The van der Waals surface area contributed by atoms with Gasteiger partial charge in [0.05, 0.1) is 17.6 Å². The van der Waals surface area contributed by atoms with E-state index in [-0.39, 0.29) is 17.4 Å². The maximum Gasteiger partial charge on any atom is 0.419 e. The van der Waals surface area contributed by atoms with Gasteiger partial charge in [-0.05, 0) is 18.2 Å². The number of alkyl halides is 4. The summed E-state index contributed by atoms with van der Waals surface area (Å²) in [7, 11) is 0. The Hall–Kier alpha value is -1.75. The lowest BCUT2D eigenvalue weighted by atomic mass is 10.2. The lowest BCUT2D eigenvalue weighted by Gasteiger charge is -2.14. The van der Waals surface area contributed by atoms with Crippen LogP contribution in [0.15, 0.2) is 42.7 Å². The van der Waals surface area contributed by atoms with Crippen LogP contribution in [0.3, 0.4) is 0 Å². The van der Waals surface area contributed by atoms with Crippen molar-refractivity contribution in [1.82, 2.24) is 4.98 Å². The predicted octanol–water partition coefficient (Wildman–Crippen LogP) is 4.63. The molecular formula is C13H9ClF3NO. The minimum Gasteiger partial charge on any atom is -0.455 e. The molecule has 1 heterocycles. The van der Waals surface area contributed by atoms with Crippen LogP contribution < -0.4 is 4.74 Å². The summed E-state index contributed by atoms with van der Waals surface area (Å²) < 4.78 is 43.7. The molecule has 0 aliphatic rings. The standard InChI is InChI=1S/C13H9ClF3NO/c14-7-9-5-6-18-8-12(9)19-11-4-2-1-3-10(11)13(15,16)17/h1-6,8H,7H2. The number of hydrogen-bond acceptors (Lipinski definition) is 2. The van der Waals surface area contributed by atoms with Crippen molar-refractivity contribution in [2.75, 3.05) is 0 Å². The number of pyridine rings is 1. The normalized spacial score (nSPS) is 11.4. The molecule has 2 nitrogen and oxygen atoms in total. The van der Waals surface area contributed by atoms with Crippen LogP contribution in [0, 0.1) is 0 Å². The van der Waals surface area contributed by atoms with Gasteiger partial charge in [0.1, 0.15) is 11.5 Å². The third-order valence-electron chi connectivity index (χ3n) is 2.43. The highest BCUT2D eigenvalue weighted by atomic mass is 35.5. The molecule has 0 aliphatic heterocycles. The lowest BCUT2D eigenvalue weighted by molar-refractivity contribution is -0.138. The van der Waals surface area contributed by atoms with Crippen LogP contribution in [0.1, 0.15) is 11.1 Å². The van der Waals surface area contributed by atoms with Crippen molar-refractivity contribution >= 4 is 11.6 Å². The van der Waals surface area contributed by atoms with Gasteiger partial charge in [0, 0.05) is 11.8 Å². The van der Waals surface area contributed by atoms with E-state index in [1.165, 1.54) is 30.6 Å². The summed E-state index contributed by atoms with van der Waals surface area (Å²) in [5, 5.41) is 0. The Morgan fingerprint density at radius 1 is 1.11 bits per heavy atom. The molecule has 2 aromatic rings. The van der Waals surface area contributed by atoms with E-state index in [0.29, 0.717) is 5.56 Å². The largest absolute Gasteiger partial charge is 0.455 e. The van der Waals surface area contributed by atoms with Gasteiger partial charge >= 0.3 is 6.18 Å². The average Bonchev–Trinajstić information content (AvgIpc) is 2.39. The van der Waals surface area contributed by atoms with Crippen molar-refractivity contribution in [2.24, 2.45) is 0 Å². The third-order valence-corrected chi connectivity index (χ3v) is 2.71. The van der Waals surface area contributed by atoms with Gasteiger partial charge in [-0.3, -0.25) is 4.98 Å². The maximum absolute atomic E-state index is 12.8. The van der Waals surface area contributed by atoms with E-state index in [4.69, 9.17) is 16.3 Å². The highest BCUT2D eigenvalue weighted by Crippen LogP contribution is 2.38. The topological polar surface area (TPSA) is 22.1 Å². The highest BCUT2D eigenvalue weighted by molar-refractivity contribution is 6.17. The van der Waals surface area contributed by atoms with E-state index in [1.807, 2.05) is 0 Å². The first-order valence-electron chi connectivity index (χ1n) is 5.35. The molecule has 2 rings (SSSR count). The van der Waals surface area contributed by atoms with Gasteiger partial charge in [0.2, 0.25) is 0 Å². The SMILES string of the molecule is FC(F)(F)c1ccccc1Oc1cnccc1CCl. The third kappa shape index (κ3) is 3.17. The fourth-order valence-electron chi connectivity index (χ4n) is 1.52. The number of nitrogens with zero attached hydrogens (tertiary/aromatic N) is 1. The second kappa shape index (κ2) is 5.48. The Balaban J connectivity index is 2.39. The first-order chi connectivity index (χ1) is 9.02. The van der Waals surface area contributed by atoms with Crippen molar-refractivity contribution < 1.29 is 17.9 Å². The fraction of sp³-hybridized carbons (Fsp3) is 0.154. The quantitative estimate of drug-likeness (QED) is 0.768. The summed E-state index contributed by atoms with van der Waals surface area (Å²) in [6, 6.07) is 6.60. The number of para-hydroxylation sites is 1. The van der Waals surface area contributed by atoms with E-state index in [1.54, 1.807) is 6.07 Å². The fourth-order valence-corrected chi connectivity index (χ4v) is 1.74. The monoisotopic (exact) mass is 287 g/mol.